The first-order valence-electron chi connectivity index (χ1n) is 7.28. The molecule has 4 heteroatoms. The van der Waals surface area contributed by atoms with Crippen molar-refractivity contribution in [3.8, 4) is 0 Å². The van der Waals surface area contributed by atoms with Crippen LogP contribution in [0, 0.1) is 0 Å². The van der Waals surface area contributed by atoms with Crippen LogP contribution < -0.4 is 5.73 Å². The van der Waals surface area contributed by atoms with Gasteiger partial charge in [-0.05, 0) is 39.5 Å². The molecule has 0 aromatic heterocycles. The Balaban J connectivity index is 1.78. The van der Waals surface area contributed by atoms with Crippen molar-refractivity contribution in [1.29, 1.82) is 0 Å². The summed E-state index contributed by atoms with van der Waals surface area (Å²) in [4.78, 5) is 0. The quantitative estimate of drug-likeness (QED) is 0.816. The second-order valence-corrected chi connectivity index (χ2v) is 5.76. The van der Waals surface area contributed by atoms with Crippen LogP contribution in [0.1, 0.15) is 46.5 Å². The van der Waals surface area contributed by atoms with Gasteiger partial charge in [-0.2, -0.15) is 0 Å². The minimum atomic E-state index is 0.0957. The third-order valence-corrected chi connectivity index (χ3v) is 3.83. The van der Waals surface area contributed by atoms with Crippen LogP contribution in [0.4, 0.5) is 0 Å². The molecule has 0 aromatic rings. The zero-order chi connectivity index (χ0) is 13.1. The summed E-state index contributed by atoms with van der Waals surface area (Å²) in [5.74, 6) is 0. The van der Waals surface area contributed by atoms with Crippen molar-refractivity contribution < 1.29 is 14.2 Å². The van der Waals surface area contributed by atoms with Crippen LogP contribution in [0.3, 0.4) is 0 Å². The van der Waals surface area contributed by atoms with E-state index >= 15 is 0 Å². The molecular formula is C14H27NO3. The molecule has 0 amide bonds. The van der Waals surface area contributed by atoms with Crippen molar-refractivity contribution >= 4 is 0 Å². The van der Waals surface area contributed by atoms with Gasteiger partial charge >= 0.3 is 0 Å². The zero-order valence-electron chi connectivity index (χ0n) is 11.8. The molecule has 2 aliphatic rings. The van der Waals surface area contributed by atoms with Crippen LogP contribution >= 0.6 is 0 Å². The van der Waals surface area contributed by atoms with E-state index in [9.17, 15) is 0 Å². The Kier molecular flexibility index (Phi) is 5.01. The molecule has 2 fully saturated rings. The molecule has 1 aliphatic carbocycles. The molecule has 1 aliphatic heterocycles. The highest BCUT2D eigenvalue weighted by Gasteiger charge is 2.42. The smallest absolute Gasteiger partial charge is 0.0988 e. The predicted molar refractivity (Wildman–Crippen MR) is 70.5 cm³/mol. The molecule has 0 bridgehead atoms. The van der Waals surface area contributed by atoms with E-state index in [1.165, 1.54) is 0 Å². The average molecular weight is 257 g/mol. The Morgan fingerprint density at radius 2 is 1.83 bits per heavy atom. The summed E-state index contributed by atoms with van der Waals surface area (Å²) in [6, 6.07) is 0.149. The molecule has 2 N–H and O–H groups in total. The molecule has 1 saturated heterocycles. The third-order valence-electron chi connectivity index (χ3n) is 3.83. The fourth-order valence-electron chi connectivity index (χ4n) is 2.94. The van der Waals surface area contributed by atoms with E-state index in [4.69, 9.17) is 19.9 Å². The van der Waals surface area contributed by atoms with Crippen LogP contribution in [0.25, 0.3) is 0 Å². The first-order chi connectivity index (χ1) is 8.60. The maximum atomic E-state index is 6.16. The molecule has 1 heterocycles. The van der Waals surface area contributed by atoms with Crippen LogP contribution in [-0.4, -0.2) is 43.2 Å². The molecule has 0 spiro atoms. The first-order valence-corrected chi connectivity index (χ1v) is 7.28. The molecule has 5 unspecified atom stereocenters. The lowest BCUT2D eigenvalue weighted by molar-refractivity contribution is -0.189. The molecule has 106 valence electrons. The lowest BCUT2D eigenvalue weighted by Gasteiger charge is -2.45. The number of rotatable bonds is 5. The average Bonchev–Trinajstić information content (AvgIpc) is 2.27. The second kappa shape index (κ2) is 6.33. The van der Waals surface area contributed by atoms with Gasteiger partial charge in [0.25, 0.3) is 0 Å². The van der Waals surface area contributed by atoms with Gasteiger partial charge in [0.05, 0.1) is 30.5 Å². The largest absolute Gasteiger partial charge is 0.375 e. The van der Waals surface area contributed by atoms with Crippen molar-refractivity contribution in [1.82, 2.24) is 0 Å². The number of nitrogens with two attached hydrogens (primary N) is 1. The predicted octanol–water partition coefficient (Wildman–Crippen LogP) is 1.85. The molecule has 4 nitrogen and oxygen atoms in total. The summed E-state index contributed by atoms with van der Waals surface area (Å²) in [6.45, 7) is 7.12. The fourth-order valence-corrected chi connectivity index (χ4v) is 2.94. The summed E-state index contributed by atoms with van der Waals surface area (Å²) < 4.78 is 17.7. The Morgan fingerprint density at radius 3 is 2.39 bits per heavy atom. The Hall–Kier alpha value is -0.160. The van der Waals surface area contributed by atoms with Crippen LogP contribution in [-0.2, 0) is 14.2 Å². The molecular weight excluding hydrogens is 230 g/mol. The van der Waals surface area contributed by atoms with Crippen LogP contribution in [0.5, 0.6) is 0 Å². The van der Waals surface area contributed by atoms with Crippen molar-refractivity contribution in [3.05, 3.63) is 0 Å². The minimum absolute atomic E-state index is 0.0957. The van der Waals surface area contributed by atoms with Crippen molar-refractivity contribution in [2.24, 2.45) is 5.73 Å². The topological polar surface area (TPSA) is 53.7 Å². The number of hydrogen-bond donors (Lipinski definition) is 1. The molecule has 5 atom stereocenters. The Bertz CT molecular complexity index is 251. The van der Waals surface area contributed by atoms with Gasteiger partial charge in [-0.25, -0.2) is 0 Å². The van der Waals surface area contributed by atoms with Gasteiger partial charge in [-0.15, -0.1) is 0 Å². The van der Waals surface area contributed by atoms with E-state index in [0.29, 0.717) is 18.3 Å². The van der Waals surface area contributed by atoms with Gasteiger partial charge < -0.3 is 19.9 Å². The van der Waals surface area contributed by atoms with Gasteiger partial charge in [0.15, 0.2) is 0 Å². The molecule has 0 radical (unpaired) electrons. The number of ether oxygens (including phenoxy) is 3. The Labute approximate surface area is 110 Å². The van der Waals surface area contributed by atoms with Gasteiger partial charge in [0, 0.05) is 12.6 Å². The molecule has 1 saturated carbocycles. The summed E-state index contributed by atoms with van der Waals surface area (Å²) in [5, 5.41) is 0. The third kappa shape index (κ3) is 3.44. The van der Waals surface area contributed by atoms with E-state index in [2.05, 4.69) is 20.8 Å². The second-order valence-electron chi connectivity index (χ2n) is 5.76. The monoisotopic (exact) mass is 257 g/mol. The molecule has 0 aromatic carbocycles. The lowest BCUT2D eigenvalue weighted by atomic mass is 9.85. The zero-order valence-corrected chi connectivity index (χ0v) is 11.8. The van der Waals surface area contributed by atoms with E-state index in [1.54, 1.807) is 0 Å². The van der Waals surface area contributed by atoms with Crippen LogP contribution in [0.15, 0.2) is 0 Å². The van der Waals surface area contributed by atoms with Crippen molar-refractivity contribution in [2.45, 2.75) is 83.0 Å². The maximum Gasteiger partial charge on any atom is 0.0988 e. The highest BCUT2D eigenvalue weighted by molar-refractivity contribution is 4.96. The van der Waals surface area contributed by atoms with Crippen molar-refractivity contribution in [3.63, 3.8) is 0 Å². The standard InChI is InChI=1S/C14H27NO3/c1-4-5-16-14-12(15)8-13(14)18-11-6-9(2)17-10(3)7-11/h9-14H,4-8,15H2,1-3H3. The van der Waals surface area contributed by atoms with Crippen molar-refractivity contribution in [2.75, 3.05) is 6.61 Å². The van der Waals surface area contributed by atoms with Gasteiger partial charge in [-0.1, -0.05) is 6.92 Å². The molecule has 2 rings (SSSR count). The fraction of sp³-hybridized carbons (Fsp3) is 1.00. The molecule has 18 heavy (non-hydrogen) atoms. The highest BCUT2D eigenvalue weighted by atomic mass is 16.6. The van der Waals surface area contributed by atoms with E-state index in [0.717, 1.165) is 32.3 Å². The SMILES string of the molecule is CCCOC1C(N)CC1OC1CC(C)OC(C)C1. The normalized spacial score (nSPS) is 44.7. The summed E-state index contributed by atoms with van der Waals surface area (Å²) >= 11 is 0. The lowest BCUT2D eigenvalue weighted by Crippen LogP contribution is -2.59. The van der Waals surface area contributed by atoms with E-state index in [1.807, 2.05) is 0 Å². The number of hydrogen-bond acceptors (Lipinski definition) is 4. The van der Waals surface area contributed by atoms with E-state index < -0.39 is 0 Å². The van der Waals surface area contributed by atoms with Gasteiger partial charge in [-0.3, -0.25) is 0 Å². The highest BCUT2D eigenvalue weighted by Crippen LogP contribution is 2.31. The Morgan fingerprint density at radius 1 is 1.17 bits per heavy atom. The van der Waals surface area contributed by atoms with Gasteiger partial charge in [0.1, 0.15) is 0 Å². The van der Waals surface area contributed by atoms with Crippen LogP contribution in [0.2, 0.25) is 0 Å². The minimum Gasteiger partial charge on any atom is -0.375 e. The first kappa shape index (κ1) is 14.3. The summed E-state index contributed by atoms with van der Waals surface area (Å²) in [5.41, 5.74) is 5.98. The summed E-state index contributed by atoms with van der Waals surface area (Å²) in [7, 11) is 0. The maximum absolute atomic E-state index is 6.16. The van der Waals surface area contributed by atoms with Gasteiger partial charge in [0.2, 0.25) is 0 Å². The van der Waals surface area contributed by atoms with E-state index in [-0.39, 0.29) is 18.2 Å². The summed E-state index contributed by atoms with van der Waals surface area (Å²) in [6.07, 6.45) is 5.09.